The van der Waals surface area contributed by atoms with Gasteiger partial charge in [0, 0.05) is 26.0 Å². The van der Waals surface area contributed by atoms with E-state index in [-0.39, 0.29) is 18.1 Å². The Labute approximate surface area is 239 Å². The van der Waals surface area contributed by atoms with Gasteiger partial charge in [-0.1, -0.05) is 30.3 Å². The summed E-state index contributed by atoms with van der Waals surface area (Å²) < 4.78 is 11.6. The highest BCUT2D eigenvalue weighted by molar-refractivity contribution is 6.00. The number of aliphatic hydroxyl groups excluding tert-OH is 1. The predicted molar refractivity (Wildman–Crippen MR) is 154 cm³/mol. The van der Waals surface area contributed by atoms with Gasteiger partial charge in [-0.25, -0.2) is 15.0 Å². The van der Waals surface area contributed by atoms with Crippen LogP contribution in [-0.2, 0) is 15.0 Å². The summed E-state index contributed by atoms with van der Waals surface area (Å²) in [4.78, 5) is 33.8. The first-order valence-electron chi connectivity index (χ1n) is 14.0. The lowest BCUT2D eigenvalue weighted by atomic mass is 9.92. The monoisotopic (exact) mass is 557 g/mol. The number of nitrogens with zero attached hydrogens (tertiary/aromatic N) is 5. The zero-order valence-corrected chi connectivity index (χ0v) is 23.6. The normalized spacial score (nSPS) is 19.5. The SMILES string of the molecule is CCN1C(=O)c2ccc(Nc3ncc(C4=NC5(CCOCC5)CO4)c(N[C@H](CO)c4ccccc4)n3)nc2C1(C)C. The van der Waals surface area contributed by atoms with Crippen LogP contribution in [-0.4, -0.2) is 75.3 Å². The molecule has 0 radical (unpaired) electrons. The smallest absolute Gasteiger partial charge is 0.256 e. The fourth-order valence-corrected chi connectivity index (χ4v) is 5.77. The molecule has 1 fully saturated rings. The summed E-state index contributed by atoms with van der Waals surface area (Å²) in [7, 11) is 0. The number of carbonyl (C=O) groups excluding carboxylic acids is 1. The van der Waals surface area contributed by atoms with Gasteiger partial charge in [-0.15, -0.1) is 0 Å². The third kappa shape index (κ3) is 5.00. The number of fused-ring (bicyclic) bond motifs is 1. The topological polar surface area (TPSA) is 134 Å². The Morgan fingerprint density at radius 1 is 1.07 bits per heavy atom. The third-order valence-electron chi connectivity index (χ3n) is 8.14. The van der Waals surface area contributed by atoms with Crippen molar-refractivity contribution in [2.45, 2.75) is 50.7 Å². The van der Waals surface area contributed by atoms with Crippen LogP contribution >= 0.6 is 0 Å². The number of rotatable bonds is 8. The van der Waals surface area contributed by atoms with Crippen molar-refractivity contribution in [3.63, 3.8) is 0 Å². The number of ether oxygens (including phenoxy) is 2. The summed E-state index contributed by atoms with van der Waals surface area (Å²) in [6.45, 7) is 8.19. The van der Waals surface area contributed by atoms with Crippen LogP contribution < -0.4 is 10.6 Å². The second kappa shape index (κ2) is 10.7. The van der Waals surface area contributed by atoms with Crippen LogP contribution in [0.25, 0.3) is 0 Å². The summed E-state index contributed by atoms with van der Waals surface area (Å²) in [6.07, 6.45) is 3.26. The van der Waals surface area contributed by atoms with E-state index < -0.39 is 11.6 Å². The molecule has 3 N–H and O–H groups in total. The molecule has 1 aromatic carbocycles. The van der Waals surface area contributed by atoms with E-state index in [4.69, 9.17) is 24.4 Å². The fraction of sp³-hybridized carbons (Fsp3) is 0.433. The number of pyridine rings is 1. The van der Waals surface area contributed by atoms with E-state index in [0.29, 0.717) is 66.7 Å². The number of aromatic nitrogens is 3. The molecule has 3 aliphatic rings. The molecule has 41 heavy (non-hydrogen) atoms. The molecule has 11 heteroatoms. The van der Waals surface area contributed by atoms with Gasteiger partial charge in [0.25, 0.3) is 5.91 Å². The first kappa shape index (κ1) is 27.1. The van der Waals surface area contributed by atoms with Crippen LogP contribution in [0.1, 0.15) is 66.8 Å². The van der Waals surface area contributed by atoms with E-state index in [2.05, 4.69) is 15.6 Å². The standard InChI is InChI=1S/C30H35N7O4/c1-4-37-27(39)20-10-11-23(33-24(20)29(37,2)3)34-28-31-16-21(26-36-30(18-41-26)12-14-40-15-13-30)25(35-28)32-22(17-38)19-8-6-5-7-9-19/h5-11,16,22,38H,4,12-15,17-18H2,1-3H3,(H2,31,32,33,34,35)/t22-/m1/s1. The maximum atomic E-state index is 12.9. The lowest BCUT2D eigenvalue weighted by Crippen LogP contribution is -2.39. The van der Waals surface area contributed by atoms with Crippen molar-refractivity contribution in [3.8, 4) is 0 Å². The highest BCUT2D eigenvalue weighted by Gasteiger charge is 2.43. The Balaban J connectivity index is 1.34. The minimum absolute atomic E-state index is 0.0192. The van der Waals surface area contributed by atoms with Crippen molar-refractivity contribution in [3.05, 3.63) is 71.0 Å². The second-order valence-corrected chi connectivity index (χ2v) is 11.1. The van der Waals surface area contributed by atoms with E-state index in [9.17, 15) is 9.90 Å². The first-order chi connectivity index (χ1) is 19.8. The molecule has 0 aliphatic carbocycles. The van der Waals surface area contributed by atoms with Crippen molar-refractivity contribution in [1.29, 1.82) is 0 Å². The summed E-state index contributed by atoms with van der Waals surface area (Å²) in [5, 5.41) is 16.8. The van der Waals surface area contributed by atoms with E-state index >= 15 is 0 Å². The largest absolute Gasteiger partial charge is 0.475 e. The van der Waals surface area contributed by atoms with Gasteiger partial charge in [0.15, 0.2) is 0 Å². The predicted octanol–water partition coefficient (Wildman–Crippen LogP) is 3.80. The van der Waals surface area contributed by atoms with Crippen LogP contribution in [0.4, 0.5) is 17.6 Å². The molecule has 11 nitrogen and oxygen atoms in total. The van der Waals surface area contributed by atoms with Gasteiger partial charge < -0.3 is 30.1 Å². The molecule has 6 rings (SSSR count). The number of hydrogen-bond donors (Lipinski definition) is 3. The second-order valence-electron chi connectivity index (χ2n) is 11.1. The maximum Gasteiger partial charge on any atom is 0.256 e. The Morgan fingerprint density at radius 3 is 2.59 bits per heavy atom. The number of aliphatic hydroxyl groups is 1. The van der Waals surface area contributed by atoms with E-state index in [1.165, 1.54) is 0 Å². The molecule has 1 saturated heterocycles. The van der Waals surface area contributed by atoms with Crippen molar-refractivity contribution in [2.24, 2.45) is 4.99 Å². The van der Waals surface area contributed by atoms with Crippen LogP contribution in [0.15, 0.2) is 53.7 Å². The molecule has 2 aromatic heterocycles. The van der Waals surface area contributed by atoms with Gasteiger partial charge in [0.1, 0.15) is 23.8 Å². The number of benzene rings is 1. The minimum Gasteiger partial charge on any atom is -0.475 e. The molecule has 0 saturated carbocycles. The molecule has 214 valence electrons. The summed E-state index contributed by atoms with van der Waals surface area (Å²) in [5.74, 6) is 1.76. The van der Waals surface area contributed by atoms with Crippen LogP contribution in [0.5, 0.6) is 0 Å². The molecule has 3 aliphatic heterocycles. The zero-order valence-electron chi connectivity index (χ0n) is 23.6. The average Bonchev–Trinajstić information content (AvgIpc) is 3.47. The molecule has 0 unspecified atom stereocenters. The molecular weight excluding hydrogens is 522 g/mol. The number of amides is 1. The van der Waals surface area contributed by atoms with E-state index in [0.717, 1.165) is 18.4 Å². The summed E-state index contributed by atoms with van der Waals surface area (Å²) >= 11 is 0. The van der Waals surface area contributed by atoms with Crippen molar-refractivity contribution in [1.82, 2.24) is 19.9 Å². The van der Waals surface area contributed by atoms with Crippen LogP contribution in [0.3, 0.4) is 0 Å². The lowest BCUT2D eigenvalue weighted by Gasteiger charge is -2.30. The minimum atomic E-state index is -0.529. The molecule has 1 amide bonds. The number of anilines is 3. The lowest BCUT2D eigenvalue weighted by molar-refractivity contribution is 0.0442. The van der Waals surface area contributed by atoms with Crippen molar-refractivity contribution >= 4 is 29.4 Å². The Hall–Kier alpha value is -4.09. The van der Waals surface area contributed by atoms with Gasteiger partial charge in [-0.2, -0.15) is 4.98 Å². The van der Waals surface area contributed by atoms with Crippen LogP contribution in [0, 0.1) is 0 Å². The van der Waals surface area contributed by atoms with Gasteiger partial charge >= 0.3 is 0 Å². The molecular formula is C30H35N7O4. The molecule has 1 spiro atoms. The number of nitrogens with one attached hydrogen (secondary N) is 2. The number of carbonyl (C=O) groups is 1. The van der Waals surface area contributed by atoms with Gasteiger partial charge in [-0.3, -0.25) is 4.79 Å². The van der Waals surface area contributed by atoms with E-state index in [1.807, 2.05) is 56.0 Å². The zero-order chi connectivity index (χ0) is 28.6. The Bertz CT molecular complexity index is 1470. The fourth-order valence-electron chi connectivity index (χ4n) is 5.77. The molecule has 5 heterocycles. The number of aliphatic imine (C=N–C) groups is 1. The van der Waals surface area contributed by atoms with Gasteiger partial charge in [0.05, 0.1) is 35.0 Å². The summed E-state index contributed by atoms with van der Waals surface area (Å²) in [5.41, 5.74) is 2.01. The van der Waals surface area contributed by atoms with Crippen molar-refractivity contribution < 1.29 is 19.4 Å². The molecule has 0 bridgehead atoms. The van der Waals surface area contributed by atoms with E-state index in [1.54, 1.807) is 18.3 Å². The Kier molecular flexibility index (Phi) is 7.08. The van der Waals surface area contributed by atoms with Gasteiger partial charge in [-0.05, 0) is 51.3 Å². The third-order valence-corrected chi connectivity index (χ3v) is 8.14. The quantitative estimate of drug-likeness (QED) is 0.378. The summed E-state index contributed by atoms with van der Waals surface area (Å²) in [6, 6.07) is 12.8. The average molecular weight is 558 g/mol. The molecule has 1 atom stereocenters. The van der Waals surface area contributed by atoms with Gasteiger partial charge in [0.2, 0.25) is 11.8 Å². The number of hydrogen-bond acceptors (Lipinski definition) is 10. The maximum absolute atomic E-state index is 12.9. The highest BCUT2D eigenvalue weighted by Crippen LogP contribution is 2.38. The Morgan fingerprint density at radius 2 is 1.85 bits per heavy atom. The van der Waals surface area contributed by atoms with Crippen molar-refractivity contribution in [2.75, 3.05) is 43.6 Å². The first-order valence-corrected chi connectivity index (χ1v) is 14.0. The highest BCUT2D eigenvalue weighted by atomic mass is 16.5. The van der Waals surface area contributed by atoms with Crippen LogP contribution in [0.2, 0.25) is 0 Å². The molecule has 3 aromatic rings.